The molecule has 0 saturated carbocycles. The van der Waals surface area contributed by atoms with Crippen LogP contribution in [0.3, 0.4) is 0 Å². The quantitative estimate of drug-likeness (QED) is 0.751. The summed E-state index contributed by atoms with van der Waals surface area (Å²) in [6, 6.07) is 10.3. The second-order valence-electron chi connectivity index (χ2n) is 5.09. The molecule has 0 spiro atoms. The Labute approximate surface area is 110 Å². The van der Waals surface area contributed by atoms with Gasteiger partial charge in [0.2, 0.25) is 0 Å². The summed E-state index contributed by atoms with van der Waals surface area (Å²) in [7, 11) is 0. The van der Waals surface area contributed by atoms with Crippen molar-refractivity contribution in [3.05, 3.63) is 29.8 Å². The molecular formula is C15H23N3. The van der Waals surface area contributed by atoms with E-state index in [0.29, 0.717) is 12.3 Å². The fraction of sp³-hybridized carbons (Fsp3) is 0.533. The van der Waals surface area contributed by atoms with Crippen molar-refractivity contribution in [1.82, 2.24) is 4.90 Å². The van der Waals surface area contributed by atoms with Crippen molar-refractivity contribution in [2.24, 2.45) is 5.92 Å². The highest BCUT2D eigenvalue weighted by atomic mass is 15.1. The largest absolute Gasteiger partial charge is 0.399 e. The number of hydrogen-bond acceptors (Lipinski definition) is 3. The van der Waals surface area contributed by atoms with Gasteiger partial charge in [-0.25, -0.2) is 0 Å². The van der Waals surface area contributed by atoms with E-state index in [-0.39, 0.29) is 0 Å². The number of benzene rings is 1. The van der Waals surface area contributed by atoms with E-state index in [1.807, 2.05) is 12.1 Å². The van der Waals surface area contributed by atoms with Gasteiger partial charge in [0.05, 0.1) is 6.07 Å². The number of rotatable bonds is 7. The first-order chi connectivity index (χ1) is 8.61. The third kappa shape index (κ3) is 5.70. The summed E-state index contributed by atoms with van der Waals surface area (Å²) in [5.74, 6) is 0.634. The highest BCUT2D eigenvalue weighted by Gasteiger charge is 2.07. The molecule has 1 aromatic carbocycles. The third-order valence-electron chi connectivity index (χ3n) is 2.86. The van der Waals surface area contributed by atoms with Gasteiger partial charge in [0.25, 0.3) is 0 Å². The Balaban J connectivity index is 2.45. The topological polar surface area (TPSA) is 53.0 Å². The first-order valence-electron chi connectivity index (χ1n) is 6.55. The number of nitrogen functional groups attached to an aromatic ring is 1. The van der Waals surface area contributed by atoms with Crippen molar-refractivity contribution >= 4 is 5.69 Å². The van der Waals surface area contributed by atoms with Crippen LogP contribution in [0.1, 0.15) is 25.8 Å². The lowest BCUT2D eigenvalue weighted by molar-refractivity contribution is 0.252. The molecule has 0 atom stereocenters. The second kappa shape index (κ2) is 7.73. The first kappa shape index (κ1) is 14.5. The Kier molecular flexibility index (Phi) is 6.24. The molecule has 0 aliphatic heterocycles. The molecule has 1 aromatic rings. The molecular weight excluding hydrogens is 222 g/mol. The van der Waals surface area contributed by atoms with E-state index in [1.54, 1.807) is 0 Å². The monoisotopic (exact) mass is 245 g/mol. The fourth-order valence-corrected chi connectivity index (χ4v) is 1.99. The van der Waals surface area contributed by atoms with Crippen LogP contribution in [-0.4, -0.2) is 24.5 Å². The van der Waals surface area contributed by atoms with Gasteiger partial charge in [-0.05, 0) is 30.0 Å². The Morgan fingerprint density at radius 3 is 2.44 bits per heavy atom. The molecule has 0 amide bonds. The second-order valence-corrected chi connectivity index (χ2v) is 5.09. The lowest BCUT2D eigenvalue weighted by atomic mass is 10.1. The van der Waals surface area contributed by atoms with Crippen molar-refractivity contribution < 1.29 is 0 Å². The average Bonchev–Trinajstić information content (AvgIpc) is 2.34. The summed E-state index contributed by atoms with van der Waals surface area (Å²) in [5.41, 5.74) is 7.78. The van der Waals surface area contributed by atoms with Crippen LogP contribution in [0.5, 0.6) is 0 Å². The Hall–Kier alpha value is -1.53. The van der Waals surface area contributed by atoms with Gasteiger partial charge in [-0.2, -0.15) is 5.26 Å². The lowest BCUT2D eigenvalue weighted by Crippen LogP contribution is -2.30. The molecule has 3 nitrogen and oxygen atoms in total. The summed E-state index contributed by atoms with van der Waals surface area (Å²) in [6.45, 7) is 7.34. The molecule has 0 aromatic heterocycles. The summed E-state index contributed by atoms with van der Waals surface area (Å²) in [5, 5.41) is 8.67. The van der Waals surface area contributed by atoms with Gasteiger partial charge >= 0.3 is 0 Å². The van der Waals surface area contributed by atoms with Crippen LogP contribution in [0.25, 0.3) is 0 Å². The van der Waals surface area contributed by atoms with Gasteiger partial charge in [0.15, 0.2) is 0 Å². The minimum atomic E-state index is 0.606. The van der Waals surface area contributed by atoms with E-state index in [0.717, 1.165) is 31.7 Å². The molecule has 0 fully saturated rings. The Bertz CT molecular complexity index is 376. The zero-order valence-corrected chi connectivity index (χ0v) is 11.4. The molecule has 1 rings (SSSR count). The van der Waals surface area contributed by atoms with Crippen LogP contribution in [0.2, 0.25) is 0 Å². The van der Waals surface area contributed by atoms with Crippen molar-refractivity contribution in [2.45, 2.75) is 26.7 Å². The smallest absolute Gasteiger partial charge is 0.0635 e. The zero-order valence-electron chi connectivity index (χ0n) is 11.4. The molecule has 0 bridgehead atoms. The molecule has 3 heteroatoms. The highest BCUT2D eigenvalue weighted by molar-refractivity contribution is 5.39. The maximum atomic E-state index is 8.67. The molecule has 0 aliphatic carbocycles. The lowest BCUT2D eigenvalue weighted by Gasteiger charge is -2.23. The maximum Gasteiger partial charge on any atom is 0.0635 e. The third-order valence-corrected chi connectivity index (χ3v) is 2.86. The van der Waals surface area contributed by atoms with E-state index in [4.69, 9.17) is 11.0 Å². The van der Waals surface area contributed by atoms with Crippen LogP contribution in [-0.2, 0) is 6.42 Å². The standard InChI is InChI=1S/C15H23N3/c1-13(2)12-18(10-3-9-16)11-8-14-4-6-15(17)7-5-14/h4-7,13H,3,8,10-12,17H2,1-2H3. The first-order valence-corrected chi connectivity index (χ1v) is 6.55. The van der Waals surface area contributed by atoms with E-state index in [9.17, 15) is 0 Å². The zero-order chi connectivity index (χ0) is 13.4. The number of nitrogens with two attached hydrogens (primary N) is 1. The van der Waals surface area contributed by atoms with Gasteiger partial charge in [-0.1, -0.05) is 26.0 Å². The molecule has 0 aliphatic rings. The number of anilines is 1. The van der Waals surface area contributed by atoms with Gasteiger partial charge in [-0.15, -0.1) is 0 Å². The highest BCUT2D eigenvalue weighted by Crippen LogP contribution is 2.08. The summed E-state index contributed by atoms with van der Waals surface area (Å²) in [6.07, 6.45) is 1.62. The Morgan fingerprint density at radius 2 is 1.89 bits per heavy atom. The van der Waals surface area contributed by atoms with Crippen LogP contribution >= 0.6 is 0 Å². The summed E-state index contributed by atoms with van der Waals surface area (Å²) in [4.78, 5) is 2.37. The van der Waals surface area contributed by atoms with Crippen LogP contribution < -0.4 is 5.73 Å². The summed E-state index contributed by atoms with van der Waals surface area (Å²) < 4.78 is 0. The average molecular weight is 245 g/mol. The predicted octanol–water partition coefficient (Wildman–Crippen LogP) is 2.68. The van der Waals surface area contributed by atoms with Gasteiger partial charge < -0.3 is 10.6 Å². The minimum absolute atomic E-state index is 0.606. The maximum absolute atomic E-state index is 8.67. The van der Waals surface area contributed by atoms with Gasteiger partial charge in [0.1, 0.15) is 0 Å². The molecule has 0 heterocycles. The molecule has 0 unspecified atom stereocenters. The van der Waals surface area contributed by atoms with E-state index in [1.165, 1.54) is 5.56 Å². The van der Waals surface area contributed by atoms with Crippen LogP contribution in [0, 0.1) is 17.2 Å². The molecule has 18 heavy (non-hydrogen) atoms. The Morgan fingerprint density at radius 1 is 1.22 bits per heavy atom. The molecule has 2 N–H and O–H groups in total. The SMILES string of the molecule is CC(C)CN(CCC#N)CCc1ccc(N)cc1. The number of nitriles is 1. The van der Waals surface area contributed by atoms with E-state index < -0.39 is 0 Å². The fourth-order valence-electron chi connectivity index (χ4n) is 1.99. The van der Waals surface area contributed by atoms with Crippen LogP contribution in [0.15, 0.2) is 24.3 Å². The number of hydrogen-bond donors (Lipinski definition) is 1. The van der Waals surface area contributed by atoms with Gasteiger partial charge in [0, 0.05) is 31.7 Å². The minimum Gasteiger partial charge on any atom is -0.399 e. The van der Waals surface area contributed by atoms with Crippen molar-refractivity contribution in [1.29, 1.82) is 5.26 Å². The van der Waals surface area contributed by atoms with Gasteiger partial charge in [-0.3, -0.25) is 0 Å². The molecule has 0 saturated heterocycles. The van der Waals surface area contributed by atoms with Crippen molar-refractivity contribution in [3.63, 3.8) is 0 Å². The van der Waals surface area contributed by atoms with Crippen LogP contribution in [0.4, 0.5) is 5.69 Å². The molecule has 0 radical (unpaired) electrons. The van der Waals surface area contributed by atoms with Crippen molar-refractivity contribution in [3.8, 4) is 6.07 Å². The predicted molar refractivity (Wildman–Crippen MR) is 76.1 cm³/mol. The summed E-state index contributed by atoms with van der Waals surface area (Å²) >= 11 is 0. The normalized spacial score (nSPS) is 10.8. The molecule has 98 valence electrons. The van der Waals surface area contributed by atoms with Crippen molar-refractivity contribution in [2.75, 3.05) is 25.4 Å². The van der Waals surface area contributed by atoms with E-state index in [2.05, 4.69) is 36.9 Å². The number of nitrogens with zero attached hydrogens (tertiary/aromatic N) is 2. The van der Waals surface area contributed by atoms with E-state index >= 15 is 0 Å².